The second-order valence-corrected chi connectivity index (χ2v) is 5.61. The summed E-state index contributed by atoms with van der Waals surface area (Å²) in [5.41, 5.74) is 2.65. The Kier molecular flexibility index (Phi) is 6.73. The van der Waals surface area contributed by atoms with Crippen molar-refractivity contribution < 1.29 is 14.3 Å². The molecule has 0 aromatic heterocycles. The Balaban J connectivity index is 1.81. The zero-order valence-corrected chi connectivity index (χ0v) is 14.1. The first-order valence-electron chi connectivity index (χ1n) is 8.18. The quantitative estimate of drug-likeness (QED) is 0.782. The molecule has 0 fully saturated rings. The molecule has 0 aliphatic carbocycles. The largest absolute Gasteiger partial charge is 0.452 e. The van der Waals surface area contributed by atoms with Crippen molar-refractivity contribution in [1.82, 2.24) is 0 Å². The number of esters is 1. The molecule has 1 amide bonds. The molecule has 0 aliphatic heterocycles. The van der Waals surface area contributed by atoms with Crippen molar-refractivity contribution in [3.05, 3.63) is 65.2 Å². The first-order chi connectivity index (χ1) is 12.1. The lowest BCUT2D eigenvalue weighted by Crippen LogP contribution is -2.20. The monoisotopic (exact) mass is 336 g/mol. The normalized spacial score (nSPS) is 9.92. The number of amides is 1. The van der Waals surface area contributed by atoms with Crippen LogP contribution in [0.3, 0.4) is 0 Å². The fourth-order valence-corrected chi connectivity index (χ4v) is 2.23. The molecule has 0 saturated heterocycles. The van der Waals surface area contributed by atoms with E-state index < -0.39 is 11.9 Å². The molecule has 1 N–H and O–H groups in total. The summed E-state index contributed by atoms with van der Waals surface area (Å²) < 4.78 is 4.98. The number of hydrogen-bond acceptors (Lipinski definition) is 4. The molecule has 0 heterocycles. The highest BCUT2D eigenvalue weighted by Gasteiger charge is 2.10. The van der Waals surface area contributed by atoms with Crippen molar-refractivity contribution in [2.75, 3.05) is 11.9 Å². The van der Waals surface area contributed by atoms with Crippen molar-refractivity contribution in [1.29, 1.82) is 5.26 Å². The topological polar surface area (TPSA) is 79.2 Å². The van der Waals surface area contributed by atoms with Crippen molar-refractivity contribution >= 4 is 17.6 Å². The predicted octanol–water partition coefficient (Wildman–Crippen LogP) is 3.70. The van der Waals surface area contributed by atoms with Gasteiger partial charge in [-0.25, -0.2) is 4.79 Å². The van der Waals surface area contributed by atoms with Crippen LogP contribution in [0, 0.1) is 11.3 Å². The highest BCUT2D eigenvalue weighted by atomic mass is 16.5. The number of unbranched alkanes of at least 4 members (excludes halogenated alkanes) is 1. The molecule has 2 rings (SSSR count). The minimum Gasteiger partial charge on any atom is -0.452 e. The van der Waals surface area contributed by atoms with E-state index in [9.17, 15) is 9.59 Å². The number of aryl methyl sites for hydroxylation is 1. The number of nitriles is 1. The van der Waals surface area contributed by atoms with Gasteiger partial charge in [-0.1, -0.05) is 25.5 Å². The second-order valence-electron chi connectivity index (χ2n) is 5.61. The third-order valence-corrected chi connectivity index (χ3v) is 3.64. The Morgan fingerprint density at radius 2 is 1.76 bits per heavy atom. The molecule has 0 spiro atoms. The number of carbonyl (C=O) groups is 2. The summed E-state index contributed by atoms with van der Waals surface area (Å²) in [7, 11) is 0. The van der Waals surface area contributed by atoms with Crippen molar-refractivity contribution in [3.8, 4) is 6.07 Å². The Morgan fingerprint density at radius 3 is 2.36 bits per heavy atom. The maximum absolute atomic E-state index is 11.9. The van der Waals surface area contributed by atoms with E-state index in [4.69, 9.17) is 10.00 Å². The summed E-state index contributed by atoms with van der Waals surface area (Å²) >= 11 is 0. The van der Waals surface area contributed by atoms with E-state index in [1.54, 1.807) is 0 Å². The lowest BCUT2D eigenvalue weighted by Gasteiger charge is -2.07. The fraction of sp³-hybridized carbons (Fsp3) is 0.250. The summed E-state index contributed by atoms with van der Waals surface area (Å²) in [6.07, 6.45) is 3.30. The molecule has 2 aromatic rings. The Hall–Kier alpha value is -3.13. The van der Waals surface area contributed by atoms with Crippen LogP contribution in [0.1, 0.15) is 41.3 Å². The molecule has 128 valence electrons. The van der Waals surface area contributed by atoms with Crippen LogP contribution < -0.4 is 5.32 Å². The van der Waals surface area contributed by atoms with Gasteiger partial charge in [-0.15, -0.1) is 0 Å². The summed E-state index contributed by atoms with van der Waals surface area (Å²) in [5, 5.41) is 11.4. The Labute approximate surface area is 147 Å². The number of nitrogens with zero attached hydrogens (tertiary/aromatic N) is 1. The minimum atomic E-state index is -0.602. The average Bonchev–Trinajstić information content (AvgIpc) is 2.65. The van der Waals surface area contributed by atoms with Gasteiger partial charge in [0.05, 0.1) is 17.2 Å². The van der Waals surface area contributed by atoms with Gasteiger partial charge < -0.3 is 10.1 Å². The summed E-state index contributed by atoms with van der Waals surface area (Å²) in [4.78, 5) is 23.7. The number of nitrogens with one attached hydrogen (secondary N) is 1. The van der Waals surface area contributed by atoms with Crippen molar-refractivity contribution in [2.45, 2.75) is 26.2 Å². The fourth-order valence-electron chi connectivity index (χ4n) is 2.23. The van der Waals surface area contributed by atoms with E-state index in [0.29, 0.717) is 16.8 Å². The minimum absolute atomic E-state index is 0.298. The van der Waals surface area contributed by atoms with Gasteiger partial charge in [-0.05, 0) is 54.8 Å². The molecule has 5 nitrogen and oxygen atoms in total. The van der Waals surface area contributed by atoms with E-state index in [0.717, 1.165) is 19.3 Å². The molecule has 0 aliphatic rings. The average molecular weight is 336 g/mol. The van der Waals surface area contributed by atoms with Crippen LogP contribution in [-0.4, -0.2) is 18.5 Å². The predicted molar refractivity (Wildman–Crippen MR) is 95.1 cm³/mol. The van der Waals surface area contributed by atoms with E-state index in [1.807, 2.05) is 30.3 Å². The smallest absolute Gasteiger partial charge is 0.338 e. The molecular formula is C20H20N2O3. The number of benzene rings is 2. The van der Waals surface area contributed by atoms with Gasteiger partial charge in [0, 0.05) is 5.69 Å². The van der Waals surface area contributed by atoms with Crippen molar-refractivity contribution in [3.63, 3.8) is 0 Å². The van der Waals surface area contributed by atoms with E-state index in [2.05, 4.69) is 12.2 Å². The molecule has 0 radical (unpaired) electrons. The number of anilines is 1. The van der Waals surface area contributed by atoms with Crippen LogP contribution in [0.4, 0.5) is 5.69 Å². The summed E-state index contributed by atoms with van der Waals surface area (Å²) in [6, 6.07) is 15.6. The summed E-state index contributed by atoms with van der Waals surface area (Å²) in [5.74, 6) is -1.00. The van der Waals surface area contributed by atoms with Crippen LogP contribution in [0.25, 0.3) is 0 Å². The second kappa shape index (κ2) is 9.24. The highest BCUT2D eigenvalue weighted by Crippen LogP contribution is 2.12. The Morgan fingerprint density at radius 1 is 1.08 bits per heavy atom. The summed E-state index contributed by atoms with van der Waals surface area (Å²) in [6.45, 7) is 1.78. The zero-order valence-electron chi connectivity index (χ0n) is 14.1. The third kappa shape index (κ3) is 5.78. The van der Waals surface area contributed by atoms with Gasteiger partial charge >= 0.3 is 5.97 Å². The van der Waals surface area contributed by atoms with Crippen LogP contribution in [0.2, 0.25) is 0 Å². The molecule has 0 atom stereocenters. The SMILES string of the molecule is CCCCc1ccc(NC(=O)COC(=O)c2ccc(C#N)cc2)cc1. The third-order valence-electron chi connectivity index (χ3n) is 3.64. The van der Waals surface area contributed by atoms with Crippen molar-refractivity contribution in [2.24, 2.45) is 0 Å². The molecule has 5 heteroatoms. The van der Waals surface area contributed by atoms with E-state index in [1.165, 1.54) is 29.8 Å². The van der Waals surface area contributed by atoms with Crippen LogP contribution >= 0.6 is 0 Å². The standard InChI is InChI=1S/C20H20N2O3/c1-2-3-4-15-7-11-18(12-8-15)22-19(23)14-25-20(24)17-9-5-16(13-21)6-10-17/h5-12H,2-4,14H2,1H3,(H,22,23). The lowest BCUT2D eigenvalue weighted by atomic mass is 10.1. The van der Waals surface area contributed by atoms with E-state index >= 15 is 0 Å². The number of hydrogen-bond donors (Lipinski definition) is 1. The molecule has 25 heavy (non-hydrogen) atoms. The lowest BCUT2D eigenvalue weighted by molar-refractivity contribution is -0.119. The highest BCUT2D eigenvalue weighted by molar-refractivity contribution is 5.95. The molecular weight excluding hydrogens is 316 g/mol. The first-order valence-corrected chi connectivity index (χ1v) is 8.18. The van der Waals surface area contributed by atoms with Crippen LogP contribution in [0.15, 0.2) is 48.5 Å². The molecule has 0 unspecified atom stereocenters. The molecule has 0 saturated carbocycles. The van der Waals surface area contributed by atoms with Gasteiger partial charge in [0.2, 0.25) is 0 Å². The van der Waals surface area contributed by atoms with Gasteiger partial charge in [0.25, 0.3) is 5.91 Å². The van der Waals surface area contributed by atoms with Gasteiger partial charge in [-0.2, -0.15) is 5.26 Å². The number of carbonyl (C=O) groups excluding carboxylic acids is 2. The van der Waals surface area contributed by atoms with Gasteiger partial charge in [-0.3, -0.25) is 4.79 Å². The maximum atomic E-state index is 11.9. The number of rotatable bonds is 7. The van der Waals surface area contributed by atoms with Gasteiger partial charge in [0.1, 0.15) is 0 Å². The molecule has 2 aromatic carbocycles. The van der Waals surface area contributed by atoms with E-state index in [-0.39, 0.29) is 6.61 Å². The van der Waals surface area contributed by atoms with Crippen LogP contribution in [-0.2, 0) is 16.0 Å². The zero-order chi connectivity index (χ0) is 18.1. The number of ether oxygens (including phenoxy) is 1. The maximum Gasteiger partial charge on any atom is 0.338 e. The van der Waals surface area contributed by atoms with Gasteiger partial charge in [0.15, 0.2) is 6.61 Å². The Bertz CT molecular complexity index is 759. The molecule has 0 bridgehead atoms. The first kappa shape index (κ1) is 18.2. The van der Waals surface area contributed by atoms with Crippen LogP contribution in [0.5, 0.6) is 0 Å².